The lowest BCUT2D eigenvalue weighted by Gasteiger charge is -2.10. The summed E-state index contributed by atoms with van der Waals surface area (Å²) < 4.78 is 10.8. The normalized spacial score (nSPS) is 20.4. The number of hydrogen-bond acceptors (Lipinski definition) is 4. The summed E-state index contributed by atoms with van der Waals surface area (Å²) in [4.78, 5) is 3.91. The minimum absolute atomic E-state index is 0.129. The molecule has 72 valence electrons. The van der Waals surface area contributed by atoms with Crippen molar-refractivity contribution in [1.29, 1.82) is 5.26 Å². The Balaban J connectivity index is 1.99. The fraction of sp³-hybridized carbons (Fsp3) is 0.400. The van der Waals surface area contributed by atoms with Gasteiger partial charge in [-0.25, -0.2) is 4.98 Å². The van der Waals surface area contributed by atoms with Crippen LogP contribution in [0, 0.1) is 11.3 Å². The van der Waals surface area contributed by atoms with Gasteiger partial charge in [-0.1, -0.05) is 0 Å². The van der Waals surface area contributed by atoms with E-state index < -0.39 is 0 Å². The third-order valence-electron chi connectivity index (χ3n) is 2.04. The van der Waals surface area contributed by atoms with Crippen molar-refractivity contribution in [1.82, 2.24) is 4.98 Å². The van der Waals surface area contributed by atoms with Crippen LogP contribution in [0.15, 0.2) is 18.3 Å². The first-order valence-electron chi connectivity index (χ1n) is 4.49. The SMILES string of the molecule is N#Cc1ccc(OC2CCOC2)cn1. The smallest absolute Gasteiger partial charge is 0.140 e. The molecule has 1 aromatic heterocycles. The van der Waals surface area contributed by atoms with Gasteiger partial charge in [-0.2, -0.15) is 5.26 Å². The van der Waals surface area contributed by atoms with Gasteiger partial charge >= 0.3 is 0 Å². The van der Waals surface area contributed by atoms with Crippen LogP contribution in [-0.2, 0) is 4.74 Å². The maximum absolute atomic E-state index is 8.54. The monoisotopic (exact) mass is 190 g/mol. The van der Waals surface area contributed by atoms with E-state index in [1.54, 1.807) is 18.3 Å². The molecule has 1 atom stereocenters. The van der Waals surface area contributed by atoms with Gasteiger partial charge in [0, 0.05) is 6.42 Å². The highest BCUT2D eigenvalue weighted by Crippen LogP contribution is 2.15. The number of ether oxygens (including phenoxy) is 2. The zero-order valence-corrected chi connectivity index (χ0v) is 7.64. The molecule has 0 N–H and O–H groups in total. The fourth-order valence-electron chi connectivity index (χ4n) is 1.31. The summed E-state index contributed by atoms with van der Waals surface area (Å²) in [5.74, 6) is 0.694. The van der Waals surface area contributed by atoms with E-state index in [9.17, 15) is 0 Å². The van der Waals surface area contributed by atoms with Crippen molar-refractivity contribution in [3.05, 3.63) is 24.0 Å². The molecule has 4 nitrogen and oxygen atoms in total. The predicted molar refractivity (Wildman–Crippen MR) is 48.8 cm³/mol. The zero-order valence-electron chi connectivity index (χ0n) is 7.64. The van der Waals surface area contributed by atoms with Crippen LogP contribution in [0.4, 0.5) is 0 Å². The molecule has 1 aliphatic rings. The molecular formula is C10H10N2O2. The van der Waals surface area contributed by atoms with E-state index in [1.807, 2.05) is 6.07 Å². The number of pyridine rings is 1. The van der Waals surface area contributed by atoms with Gasteiger partial charge in [-0.15, -0.1) is 0 Å². The number of aromatic nitrogens is 1. The molecule has 0 aliphatic carbocycles. The summed E-state index contributed by atoms with van der Waals surface area (Å²) in [5, 5.41) is 8.54. The molecule has 4 heteroatoms. The summed E-state index contributed by atoms with van der Waals surface area (Å²) in [6.45, 7) is 1.40. The van der Waals surface area contributed by atoms with Crippen molar-refractivity contribution in [2.24, 2.45) is 0 Å². The average molecular weight is 190 g/mol. The van der Waals surface area contributed by atoms with E-state index in [1.165, 1.54) is 0 Å². The van der Waals surface area contributed by atoms with Gasteiger partial charge < -0.3 is 9.47 Å². The Morgan fingerprint density at radius 2 is 2.50 bits per heavy atom. The molecular weight excluding hydrogens is 180 g/mol. The third kappa shape index (κ3) is 2.01. The van der Waals surface area contributed by atoms with E-state index in [0.29, 0.717) is 18.1 Å². The molecule has 1 saturated heterocycles. The number of hydrogen-bond donors (Lipinski definition) is 0. The van der Waals surface area contributed by atoms with E-state index in [4.69, 9.17) is 14.7 Å². The highest BCUT2D eigenvalue weighted by molar-refractivity contribution is 5.26. The Labute approximate surface area is 82.1 Å². The number of rotatable bonds is 2. The highest BCUT2D eigenvalue weighted by Gasteiger charge is 2.16. The van der Waals surface area contributed by atoms with Crippen molar-refractivity contribution in [2.45, 2.75) is 12.5 Å². The third-order valence-corrected chi connectivity index (χ3v) is 2.04. The lowest BCUT2D eigenvalue weighted by Crippen LogP contribution is -2.15. The molecule has 1 aliphatic heterocycles. The van der Waals surface area contributed by atoms with Crippen molar-refractivity contribution >= 4 is 0 Å². The van der Waals surface area contributed by atoms with Gasteiger partial charge in [-0.3, -0.25) is 0 Å². The Morgan fingerprint density at radius 3 is 3.07 bits per heavy atom. The molecule has 0 saturated carbocycles. The second-order valence-electron chi connectivity index (χ2n) is 3.09. The van der Waals surface area contributed by atoms with Crippen molar-refractivity contribution < 1.29 is 9.47 Å². The van der Waals surface area contributed by atoms with Crippen LogP contribution in [0.1, 0.15) is 12.1 Å². The molecule has 1 fully saturated rings. The summed E-state index contributed by atoms with van der Waals surface area (Å²) in [7, 11) is 0. The van der Waals surface area contributed by atoms with E-state index in [0.717, 1.165) is 13.0 Å². The van der Waals surface area contributed by atoms with E-state index in [2.05, 4.69) is 4.98 Å². The minimum atomic E-state index is 0.129. The van der Waals surface area contributed by atoms with Crippen LogP contribution in [0.5, 0.6) is 5.75 Å². The van der Waals surface area contributed by atoms with E-state index in [-0.39, 0.29) is 6.10 Å². The molecule has 2 heterocycles. The Hall–Kier alpha value is -1.60. The lowest BCUT2D eigenvalue weighted by molar-refractivity contribution is 0.141. The summed E-state index contributed by atoms with van der Waals surface area (Å²) in [5.41, 5.74) is 0.403. The Bertz CT molecular complexity index is 336. The topological polar surface area (TPSA) is 55.1 Å². The van der Waals surface area contributed by atoms with Crippen molar-refractivity contribution in [2.75, 3.05) is 13.2 Å². The number of nitrogens with zero attached hydrogens (tertiary/aromatic N) is 2. The first-order chi connectivity index (χ1) is 6.88. The van der Waals surface area contributed by atoms with Crippen molar-refractivity contribution in [3.8, 4) is 11.8 Å². The maximum Gasteiger partial charge on any atom is 0.140 e. The first-order valence-corrected chi connectivity index (χ1v) is 4.49. The second kappa shape index (κ2) is 4.07. The lowest BCUT2D eigenvalue weighted by atomic mass is 10.3. The van der Waals surface area contributed by atoms with Crippen LogP contribution >= 0.6 is 0 Å². The van der Waals surface area contributed by atoms with Crippen LogP contribution in [0.25, 0.3) is 0 Å². The van der Waals surface area contributed by atoms with Crippen LogP contribution < -0.4 is 4.74 Å². The first kappa shape index (κ1) is 8.97. The quantitative estimate of drug-likeness (QED) is 0.701. The van der Waals surface area contributed by atoms with Gasteiger partial charge in [-0.05, 0) is 12.1 Å². The molecule has 0 spiro atoms. The predicted octanol–water partition coefficient (Wildman–Crippen LogP) is 1.12. The van der Waals surface area contributed by atoms with Crippen LogP contribution in [0.2, 0.25) is 0 Å². The molecule has 14 heavy (non-hydrogen) atoms. The summed E-state index contributed by atoms with van der Waals surface area (Å²) in [6.07, 6.45) is 2.61. The van der Waals surface area contributed by atoms with Crippen LogP contribution in [-0.4, -0.2) is 24.3 Å². The maximum atomic E-state index is 8.54. The standard InChI is InChI=1S/C10H10N2O2/c11-5-8-1-2-9(6-12-8)14-10-3-4-13-7-10/h1-2,6,10H,3-4,7H2. The van der Waals surface area contributed by atoms with Gasteiger partial charge in [0.2, 0.25) is 0 Å². The largest absolute Gasteiger partial charge is 0.486 e. The second-order valence-corrected chi connectivity index (χ2v) is 3.09. The average Bonchev–Trinajstić information content (AvgIpc) is 2.72. The zero-order chi connectivity index (χ0) is 9.80. The van der Waals surface area contributed by atoms with E-state index >= 15 is 0 Å². The molecule has 0 amide bonds. The molecule has 0 aromatic carbocycles. The Morgan fingerprint density at radius 1 is 1.57 bits per heavy atom. The van der Waals surface area contributed by atoms with Gasteiger partial charge in [0.15, 0.2) is 0 Å². The van der Waals surface area contributed by atoms with Gasteiger partial charge in [0.1, 0.15) is 23.6 Å². The molecule has 1 aromatic rings. The molecule has 0 bridgehead atoms. The van der Waals surface area contributed by atoms with Gasteiger partial charge in [0.05, 0.1) is 19.4 Å². The molecule has 0 radical (unpaired) electrons. The highest BCUT2D eigenvalue weighted by atomic mass is 16.5. The van der Waals surface area contributed by atoms with Gasteiger partial charge in [0.25, 0.3) is 0 Å². The Kier molecular flexibility index (Phi) is 2.61. The van der Waals surface area contributed by atoms with Crippen molar-refractivity contribution in [3.63, 3.8) is 0 Å². The minimum Gasteiger partial charge on any atom is -0.486 e. The number of nitriles is 1. The van der Waals surface area contributed by atoms with Crippen LogP contribution in [0.3, 0.4) is 0 Å². The molecule has 2 rings (SSSR count). The molecule has 1 unspecified atom stereocenters. The fourth-order valence-corrected chi connectivity index (χ4v) is 1.31. The summed E-state index contributed by atoms with van der Waals surface area (Å²) in [6, 6.07) is 5.35. The summed E-state index contributed by atoms with van der Waals surface area (Å²) >= 11 is 0.